The first-order valence-corrected chi connectivity index (χ1v) is 9.63. The van der Waals surface area contributed by atoms with Gasteiger partial charge in [-0.3, -0.25) is 4.99 Å². The molecule has 0 unspecified atom stereocenters. The number of benzene rings is 1. The van der Waals surface area contributed by atoms with Crippen LogP contribution in [0.4, 0.5) is 11.6 Å². The lowest BCUT2D eigenvalue weighted by atomic mass is 10.0. The second-order valence-electron chi connectivity index (χ2n) is 6.28. The van der Waals surface area contributed by atoms with Crippen molar-refractivity contribution in [3.8, 4) is 0 Å². The second kappa shape index (κ2) is 10.5. The SMILES string of the molecule is C/C=C(\N=CCC)c1ccnc(Nc2cc(Cl)c(C)c(/C=C(\C)C(=O)OC)c2)n1. The standard InChI is InChI=1S/C22H25ClN4O2/c1-6-9-24-19(7-2)20-8-10-25-22(27-20)26-17-12-16(15(4)18(23)13-17)11-14(3)21(28)29-5/h7-13H,6H2,1-5H3,(H,25,26,27)/b14-11+,19-7-,24-9?. The van der Waals surface area contributed by atoms with Crippen molar-refractivity contribution in [2.24, 2.45) is 4.99 Å². The quantitative estimate of drug-likeness (QED) is 0.364. The van der Waals surface area contributed by atoms with Gasteiger partial charge in [0.15, 0.2) is 0 Å². The van der Waals surface area contributed by atoms with E-state index >= 15 is 0 Å². The number of aliphatic imine (C=N–C) groups is 1. The number of anilines is 2. The van der Waals surface area contributed by atoms with E-state index in [1.807, 2.05) is 45.2 Å². The molecule has 29 heavy (non-hydrogen) atoms. The molecular weight excluding hydrogens is 388 g/mol. The molecule has 0 fully saturated rings. The number of hydrogen-bond acceptors (Lipinski definition) is 6. The van der Waals surface area contributed by atoms with Crippen molar-refractivity contribution in [3.63, 3.8) is 0 Å². The van der Waals surface area contributed by atoms with Gasteiger partial charge in [-0.05, 0) is 62.6 Å². The summed E-state index contributed by atoms with van der Waals surface area (Å²) in [6, 6.07) is 5.49. The van der Waals surface area contributed by atoms with E-state index in [1.165, 1.54) is 7.11 Å². The fourth-order valence-corrected chi connectivity index (χ4v) is 2.77. The van der Waals surface area contributed by atoms with Crippen molar-refractivity contribution in [2.75, 3.05) is 12.4 Å². The topological polar surface area (TPSA) is 76.5 Å². The highest BCUT2D eigenvalue weighted by Gasteiger charge is 2.10. The van der Waals surface area contributed by atoms with E-state index in [-0.39, 0.29) is 5.97 Å². The molecule has 0 radical (unpaired) electrons. The molecule has 0 amide bonds. The summed E-state index contributed by atoms with van der Waals surface area (Å²) in [5.74, 6) is 0.0366. The van der Waals surface area contributed by atoms with Gasteiger partial charge in [0.25, 0.3) is 0 Å². The maximum atomic E-state index is 11.7. The molecule has 1 N–H and O–H groups in total. The number of aromatic nitrogens is 2. The lowest BCUT2D eigenvalue weighted by molar-refractivity contribution is -0.135. The number of esters is 1. The lowest BCUT2D eigenvalue weighted by Crippen LogP contribution is -2.02. The Morgan fingerprint density at radius 3 is 2.79 bits per heavy atom. The van der Waals surface area contributed by atoms with Gasteiger partial charge in [-0.25, -0.2) is 14.8 Å². The molecule has 0 saturated heterocycles. The fraction of sp³-hybridized carbons (Fsp3) is 0.273. The highest BCUT2D eigenvalue weighted by atomic mass is 35.5. The van der Waals surface area contributed by atoms with Gasteiger partial charge in [-0.15, -0.1) is 0 Å². The van der Waals surface area contributed by atoms with Crippen molar-refractivity contribution in [2.45, 2.75) is 34.1 Å². The molecule has 0 aliphatic carbocycles. The largest absolute Gasteiger partial charge is 0.466 e. The number of rotatable bonds is 7. The first-order chi connectivity index (χ1) is 13.9. The van der Waals surface area contributed by atoms with Crippen molar-refractivity contribution in [3.05, 3.63) is 57.9 Å². The Morgan fingerprint density at radius 2 is 2.14 bits per heavy atom. The van der Waals surface area contributed by atoms with Crippen LogP contribution in [-0.4, -0.2) is 29.3 Å². The summed E-state index contributed by atoms with van der Waals surface area (Å²) in [6.07, 6.45) is 8.00. The van der Waals surface area contributed by atoms with Crippen LogP contribution in [0.1, 0.15) is 44.0 Å². The van der Waals surface area contributed by atoms with Crippen LogP contribution in [-0.2, 0) is 9.53 Å². The van der Waals surface area contributed by atoms with Crippen molar-refractivity contribution >= 4 is 47.2 Å². The number of methoxy groups -OCH3 is 1. The summed E-state index contributed by atoms with van der Waals surface area (Å²) in [7, 11) is 1.35. The normalized spacial score (nSPS) is 12.3. The molecule has 1 heterocycles. The summed E-state index contributed by atoms with van der Waals surface area (Å²) in [5, 5.41) is 3.74. The number of halogens is 1. The van der Waals surface area contributed by atoms with Gasteiger partial charge in [0.1, 0.15) is 0 Å². The van der Waals surface area contributed by atoms with Crippen LogP contribution in [0.2, 0.25) is 5.02 Å². The zero-order valence-electron chi connectivity index (χ0n) is 17.3. The third kappa shape index (κ3) is 5.99. The second-order valence-corrected chi connectivity index (χ2v) is 6.68. The Bertz CT molecular complexity index is 981. The third-order valence-corrected chi connectivity index (χ3v) is 4.52. The van der Waals surface area contributed by atoms with E-state index in [0.717, 1.165) is 28.9 Å². The van der Waals surface area contributed by atoms with Crippen LogP contribution in [0.25, 0.3) is 11.8 Å². The number of nitrogens with zero attached hydrogens (tertiary/aromatic N) is 3. The van der Waals surface area contributed by atoms with Gasteiger partial charge in [0, 0.05) is 28.7 Å². The highest BCUT2D eigenvalue weighted by Crippen LogP contribution is 2.28. The number of hydrogen-bond donors (Lipinski definition) is 1. The maximum absolute atomic E-state index is 11.7. The van der Waals surface area contributed by atoms with Gasteiger partial charge in [0.05, 0.1) is 18.5 Å². The fourth-order valence-electron chi connectivity index (χ4n) is 2.54. The van der Waals surface area contributed by atoms with Crippen molar-refractivity contribution in [1.82, 2.24) is 9.97 Å². The molecule has 0 aliphatic heterocycles. The highest BCUT2D eigenvalue weighted by molar-refractivity contribution is 6.31. The summed E-state index contributed by atoms with van der Waals surface area (Å²) in [6.45, 7) is 7.53. The molecule has 2 rings (SSSR count). The molecule has 0 saturated carbocycles. The monoisotopic (exact) mass is 412 g/mol. The molecule has 0 spiro atoms. The van der Waals surface area contributed by atoms with Crippen molar-refractivity contribution < 1.29 is 9.53 Å². The van der Waals surface area contributed by atoms with E-state index < -0.39 is 0 Å². The molecule has 6 nitrogen and oxygen atoms in total. The van der Waals surface area contributed by atoms with Gasteiger partial charge in [-0.2, -0.15) is 0 Å². The average Bonchev–Trinajstić information content (AvgIpc) is 2.71. The molecule has 7 heteroatoms. The Labute approximate surface area is 176 Å². The van der Waals surface area contributed by atoms with Crippen LogP contribution in [0.5, 0.6) is 0 Å². The predicted molar refractivity (Wildman–Crippen MR) is 120 cm³/mol. The molecular formula is C22H25ClN4O2. The molecule has 0 aliphatic rings. The Morgan fingerprint density at radius 1 is 1.38 bits per heavy atom. The summed E-state index contributed by atoms with van der Waals surface area (Å²) < 4.78 is 4.76. The van der Waals surface area contributed by atoms with Crippen LogP contribution in [0, 0.1) is 6.92 Å². The van der Waals surface area contributed by atoms with Gasteiger partial charge >= 0.3 is 5.97 Å². The van der Waals surface area contributed by atoms with Gasteiger partial charge in [-0.1, -0.05) is 24.6 Å². The van der Waals surface area contributed by atoms with Crippen LogP contribution < -0.4 is 5.32 Å². The number of allylic oxidation sites excluding steroid dienone is 1. The zero-order chi connectivity index (χ0) is 21.4. The van der Waals surface area contributed by atoms with Gasteiger partial charge in [0.2, 0.25) is 5.95 Å². The van der Waals surface area contributed by atoms with Crippen molar-refractivity contribution in [1.29, 1.82) is 0 Å². The summed E-state index contributed by atoms with van der Waals surface area (Å²) >= 11 is 6.39. The summed E-state index contributed by atoms with van der Waals surface area (Å²) in [4.78, 5) is 25.0. The molecule has 0 bridgehead atoms. The number of carbonyl (C=O) groups excluding carboxylic acids is 1. The van der Waals surface area contributed by atoms with E-state index in [0.29, 0.717) is 22.2 Å². The third-order valence-electron chi connectivity index (χ3n) is 4.12. The van der Waals surface area contributed by atoms with Crippen LogP contribution in [0.15, 0.2) is 41.0 Å². The Kier molecular flexibility index (Phi) is 8.09. The number of nitrogens with one attached hydrogen (secondary N) is 1. The number of carbonyl (C=O) groups is 1. The minimum atomic E-state index is -0.388. The molecule has 0 atom stereocenters. The zero-order valence-corrected chi connectivity index (χ0v) is 18.0. The predicted octanol–water partition coefficient (Wildman–Crippen LogP) is 5.60. The first kappa shape index (κ1) is 22.3. The average molecular weight is 413 g/mol. The summed E-state index contributed by atoms with van der Waals surface area (Å²) in [5.41, 5.74) is 4.35. The lowest BCUT2D eigenvalue weighted by Gasteiger charge is -2.11. The maximum Gasteiger partial charge on any atom is 0.333 e. The smallest absolute Gasteiger partial charge is 0.333 e. The van der Waals surface area contributed by atoms with Crippen LogP contribution >= 0.6 is 11.6 Å². The van der Waals surface area contributed by atoms with Crippen LogP contribution in [0.3, 0.4) is 0 Å². The minimum Gasteiger partial charge on any atom is -0.466 e. The molecule has 2 aromatic rings. The van der Waals surface area contributed by atoms with E-state index in [4.69, 9.17) is 16.3 Å². The molecule has 152 valence electrons. The minimum absolute atomic E-state index is 0.388. The number of ether oxygens (including phenoxy) is 1. The first-order valence-electron chi connectivity index (χ1n) is 9.25. The Balaban J connectivity index is 2.37. The molecule has 1 aromatic heterocycles. The van der Waals surface area contributed by atoms with Gasteiger partial charge < -0.3 is 10.1 Å². The van der Waals surface area contributed by atoms with E-state index in [1.54, 1.807) is 25.3 Å². The Hall–Kier alpha value is -2.99. The van der Waals surface area contributed by atoms with E-state index in [2.05, 4.69) is 20.3 Å². The molecule has 1 aromatic carbocycles. The van der Waals surface area contributed by atoms with E-state index in [9.17, 15) is 4.79 Å².